The summed E-state index contributed by atoms with van der Waals surface area (Å²) in [6.45, 7) is 0. The van der Waals surface area contributed by atoms with Gasteiger partial charge < -0.3 is 0 Å². The SMILES string of the molecule is S=c1ssc2cnc3ccccc3c12. The van der Waals surface area contributed by atoms with E-state index in [2.05, 4.69) is 11.1 Å². The number of pyridine rings is 1. The maximum absolute atomic E-state index is 5.32. The first-order valence-corrected chi connectivity index (χ1v) is 6.68. The van der Waals surface area contributed by atoms with Crippen molar-refractivity contribution in [1.82, 2.24) is 4.98 Å². The van der Waals surface area contributed by atoms with Gasteiger partial charge in [-0.05, 0) is 6.07 Å². The lowest BCUT2D eigenvalue weighted by molar-refractivity contribution is 1.46. The van der Waals surface area contributed by atoms with Gasteiger partial charge in [0.05, 0.1) is 10.2 Å². The Morgan fingerprint density at radius 1 is 1.14 bits per heavy atom. The van der Waals surface area contributed by atoms with Gasteiger partial charge in [0.25, 0.3) is 0 Å². The zero-order valence-electron chi connectivity index (χ0n) is 7.06. The van der Waals surface area contributed by atoms with Crippen molar-refractivity contribution in [3.63, 3.8) is 0 Å². The van der Waals surface area contributed by atoms with Crippen LogP contribution in [0.2, 0.25) is 0 Å². The molecule has 0 aliphatic carbocycles. The molecular formula is C10H5NS3. The van der Waals surface area contributed by atoms with Crippen LogP contribution in [0.3, 0.4) is 0 Å². The fourth-order valence-corrected chi connectivity index (χ4v) is 4.16. The first-order valence-electron chi connectivity index (χ1n) is 4.13. The standard InChI is InChI=1S/C10H5NS3/c12-10-9-6-3-1-2-4-7(6)11-5-8(9)13-14-10/h1-5H. The Kier molecular flexibility index (Phi) is 1.87. The van der Waals surface area contributed by atoms with Gasteiger partial charge in [0.1, 0.15) is 3.82 Å². The van der Waals surface area contributed by atoms with Gasteiger partial charge in [0.2, 0.25) is 0 Å². The van der Waals surface area contributed by atoms with E-state index in [1.807, 2.05) is 24.4 Å². The molecule has 0 radical (unpaired) electrons. The molecule has 68 valence electrons. The van der Waals surface area contributed by atoms with E-state index in [0.29, 0.717) is 0 Å². The van der Waals surface area contributed by atoms with E-state index >= 15 is 0 Å². The van der Waals surface area contributed by atoms with Crippen molar-refractivity contribution in [1.29, 1.82) is 0 Å². The largest absolute Gasteiger partial charge is 0.255 e. The Morgan fingerprint density at radius 3 is 2.93 bits per heavy atom. The summed E-state index contributed by atoms with van der Waals surface area (Å²) in [6.07, 6.45) is 1.91. The number of fused-ring (bicyclic) bond motifs is 3. The van der Waals surface area contributed by atoms with E-state index in [1.165, 1.54) is 15.5 Å². The molecule has 0 fully saturated rings. The number of benzene rings is 1. The molecule has 0 aliphatic heterocycles. The van der Waals surface area contributed by atoms with Crippen LogP contribution in [0, 0.1) is 3.82 Å². The second kappa shape index (κ2) is 3.08. The van der Waals surface area contributed by atoms with Crippen molar-refractivity contribution < 1.29 is 0 Å². The summed E-state index contributed by atoms with van der Waals surface area (Å²) in [5.41, 5.74) is 1.02. The highest BCUT2D eigenvalue weighted by Gasteiger charge is 2.04. The minimum Gasteiger partial charge on any atom is -0.255 e. The highest BCUT2D eigenvalue weighted by molar-refractivity contribution is 7.81. The Bertz CT molecular complexity index is 665. The fourth-order valence-electron chi connectivity index (χ4n) is 1.52. The number of hydrogen-bond acceptors (Lipinski definition) is 4. The normalized spacial score (nSPS) is 11.1. The second-order valence-electron chi connectivity index (χ2n) is 2.97. The maximum Gasteiger partial charge on any atom is 0.110 e. The van der Waals surface area contributed by atoms with E-state index in [-0.39, 0.29) is 0 Å². The van der Waals surface area contributed by atoms with Gasteiger partial charge >= 0.3 is 0 Å². The molecular weight excluding hydrogens is 230 g/mol. The summed E-state index contributed by atoms with van der Waals surface area (Å²) in [6, 6.07) is 8.13. The zero-order valence-corrected chi connectivity index (χ0v) is 9.51. The van der Waals surface area contributed by atoms with Gasteiger partial charge in [0, 0.05) is 17.0 Å². The Morgan fingerprint density at radius 2 is 2.00 bits per heavy atom. The number of rotatable bonds is 0. The van der Waals surface area contributed by atoms with E-state index in [4.69, 9.17) is 12.2 Å². The summed E-state index contributed by atoms with van der Waals surface area (Å²) < 4.78 is 2.17. The van der Waals surface area contributed by atoms with E-state index < -0.39 is 0 Å². The van der Waals surface area contributed by atoms with Crippen LogP contribution in [0.4, 0.5) is 0 Å². The molecule has 0 unspecified atom stereocenters. The predicted octanol–water partition coefficient (Wildman–Crippen LogP) is 4.24. The molecule has 4 heteroatoms. The molecule has 0 atom stereocenters. The molecule has 1 aromatic carbocycles. The van der Waals surface area contributed by atoms with Gasteiger partial charge in [-0.25, -0.2) is 0 Å². The minimum atomic E-state index is 0.976. The van der Waals surface area contributed by atoms with Gasteiger partial charge in [-0.15, -0.1) is 0 Å². The Hall–Kier alpha value is -0.840. The average molecular weight is 235 g/mol. The molecule has 3 rings (SSSR count). The van der Waals surface area contributed by atoms with Crippen LogP contribution in [-0.2, 0) is 0 Å². The third kappa shape index (κ3) is 1.11. The fraction of sp³-hybridized carbons (Fsp3) is 0. The molecule has 0 spiro atoms. The van der Waals surface area contributed by atoms with Crippen LogP contribution in [0.1, 0.15) is 0 Å². The highest BCUT2D eigenvalue weighted by atomic mass is 32.9. The topological polar surface area (TPSA) is 12.9 Å². The lowest BCUT2D eigenvalue weighted by Gasteiger charge is -1.96. The summed E-state index contributed by atoms with van der Waals surface area (Å²) in [4.78, 5) is 4.39. The molecule has 3 aromatic rings. The predicted molar refractivity (Wildman–Crippen MR) is 65.8 cm³/mol. The van der Waals surface area contributed by atoms with Crippen molar-refractivity contribution in [2.24, 2.45) is 0 Å². The van der Waals surface area contributed by atoms with Crippen molar-refractivity contribution >= 4 is 53.9 Å². The van der Waals surface area contributed by atoms with Crippen LogP contribution in [0.25, 0.3) is 21.0 Å². The first kappa shape index (κ1) is 8.47. The average Bonchev–Trinajstić information content (AvgIpc) is 2.61. The molecule has 0 saturated carbocycles. The highest BCUT2D eigenvalue weighted by Crippen LogP contribution is 2.32. The third-order valence-corrected chi connectivity index (χ3v) is 5.14. The molecule has 0 amide bonds. The minimum absolute atomic E-state index is 0.976. The quantitative estimate of drug-likeness (QED) is 0.427. The van der Waals surface area contributed by atoms with Crippen molar-refractivity contribution in [2.45, 2.75) is 0 Å². The monoisotopic (exact) mass is 235 g/mol. The van der Waals surface area contributed by atoms with E-state index in [0.717, 1.165) is 9.34 Å². The summed E-state index contributed by atoms with van der Waals surface area (Å²) in [5.74, 6) is 0. The first-order chi connectivity index (χ1) is 6.86. The summed E-state index contributed by atoms with van der Waals surface area (Å²) in [7, 11) is 3.35. The second-order valence-corrected chi connectivity index (χ2v) is 5.82. The number of nitrogens with zero attached hydrogens (tertiary/aromatic N) is 1. The zero-order chi connectivity index (χ0) is 9.54. The lowest BCUT2D eigenvalue weighted by atomic mass is 10.2. The summed E-state index contributed by atoms with van der Waals surface area (Å²) in [5, 5.41) is 2.37. The smallest absolute Gasteiger partial charge is 0.110 e. The molecule has 0 aliphatic rings. The van der Waals surface area contributed by atoms with Crippen molar-refractivity contribution in [2.75, 3.05) is 0 Å². The van der Waals surface area contributed by atoms with Crippen molar-refractivity contribution in [3.05, 3.63) is 34.3 Å². The molecule has 2 heterocycles. The van der Waals surface area contributed by atoms with Gasteiger partial charge in [-0.2, -0.15) is 0 Å². The maximum atomic E-state index is 5.32. The van der Waals surface area contributed by atoms with Crippen LogP contribution in [0.15, 0.2) is 30.5 Å². The van der Waals surface area contributed by atoms with Crippen molar-refractivity contribution in [3.8, 4) is 0 Å². The lowest BCUT2D eigenvalue weighted by Crippen LogP contribution is -1.77. The van der Waals surface area contributed by atoms with Crippen LogP contribution in [-0.4, -0.2) is 4.98 Å². The number of para-hydroxylation sites is 1. The molecule has 0 bridgehead atoms. The molecule has 14 heavy (non-hydrogen) atoms. The van der Waals surface area contributed by atoms with E-state index in [9.17, 15) is 0 Å². The van der Waals surface area contributed by atoms with Gasteiger partial charge in [0.15, 0.2) is 0 Å². The Labute approximate surface area is 93.0 Å². The molecule has 0 saturated heterocycles. The van der Waals surface area contributed by atoms with Gasteiger partial charge in [-0.1, -0.05) is 51.1 Å². The molecule has 0 N–H and O–H groups in total. The number of aromatic nitrogens is 1. The Balaban J connectivity index is 2.72. The van der Waals surface area contributed by atoms with Crippen LogP contribution >= 0.6 is 32.9 Å². The van der Waals surface area contributed by atoms with Gasteiger partial charge in [-0.3, -0.25) is 4.98 Å². The van der Waals surface area contributed by atoms with Crippen LogP contribution < -0.4 is 0 Å². The summed E-state index contributed by atoms with van der Waals surface area (Å²) >= 11 is 5.32. The number of hydrogen-bond donors (Lipinski definition) is 0. The van der Waals surface area contributed by atoms with E-state index in [1.54, 1.807) is 20.7 Å². The third-order valence-electron chi connectivity index (χ3n) is 2.15. The molecule has 1 nitrogen and oxygen atoms in total. The molecule has 2 aromatic heterocycles. The van der Waals surface area contributed by atoms with Crippen LogP contribution in [0.5, 0.6) is 0 Å².